The van der Waals surface area contributed by atoms with E-state index < -0.39 is 5.97 Å². The summed E-state index contributed by atoms with van der Waals surface area (Å²) in [6.45, 7) is 0. The molecule has 0 aliphatic heterocycles. The van der Waals surface area contributed by atoms with Gasteiger partial charge >= 0.3 is 5.97 Å². The summed E-state index contributed by atoms with van der Waals surface area (Å²) in [5.74, 6) is -0.421. The fraction of sp³-hybridized carbons (Fsp3) is 0. The van der Waals surface area contributed by atoms with Crippen molar-refractivity contribution < 1.29 is 9.90 Å². The SMILES string of the molecule is O=C(O)c1ccc(C=Nn2c(-c3ccc(Cl)cc3)n[nH]c2=S)cc1. The first-order valence-electron chi connectivity index (χ1n) is 6.85. The van der Waals surface area contributed by atoms with Crippen LogP contribution in [0.15, 0.2) is 53.6 Å². The normalized spacial score (nSPS) is 11.0. The number of H-pyrrole nitrogens is 1. The molecule has 24 heavy (non-hydrogen) atoms. The number of nitrogens with zero attached hydrogens (tertiary/aromatic N) is 3. The van der Waals surface area contributed by atoms with Crippen LogP contribution in [-0.4, -0.2) is 32.2 Å². The summed E-state index contributed by atoms with van der Waals surface area (Å²) < 4.78 is 1.84. The van der Waals surface area contributed by atoms with Crippen LogP contribution < -0.4 is 0 Å². The zero-order valence-corrected chi connectivity index (χ0v) is 13.8. The van der Waals surface area contributed by atoms with Crippen molar-refractivity contribution in [3.63, 3.8) is 0 Å². The average Bonchev–Trinajstić information content (AvgIpc) is 2.95. The molecule has 0 spiro atoms. The van der Waals surface area contributed by atoms with Crippen molar-refractivity contribution in [3.8, 4) is 11.4 Å². The Morgan fingerprint density at radius 3 is 2.50 bits per heavy atom. The minimum atomic E-state index is -0.972. The Hall–Kier alpha value is -2.77. The van der Waals surface area contributed by atoms with Crippen molar-refractivity contribution >= 4 is 36.0 Å². The second kappa shape index (κ2) is 6.77. The van der Waals surface area contributed by atoms with Gasteiger partial charge in [0.15, 0.2) is 5.82 Å². The third kappa shape index (κ3) is 3.42. The minimum absolute atomic E-state index is 0.217. The third-order valence-electron chi connectivity index (χ3n) is 3.23. The summed E-state index contributed by atoms with van der Waals surface area (Å²) in [5.41, 5.74) is 1.77. The Morgan fingerprint density at radius 2 is 1.88 bits per heavy atom. The molecule has 0 amide bonds. The van der Waals surface area contributed by atoms with Gasteiger partial charge in [0.05, 0.1) is 11.8 Å². The number of hydrogen-bond acceptors (Lipinski definition) is 4. The number of carboxylic acid groups (broad SMARTS) is 1. The lowest BCUT2D eigenvalue weighted by Gasteiger charge is -2.01. The van der Waals surface area contributed by atoms with Gasteiger partial charge in [-0.25, -0.2) is 9.89 Å². The van der Waals surface area contributed by atoms with Gasteiger partial charge in [0.2, 0.25) is 4.77 Å². The lowest BCUT2D eigenvalue weighted by atomic mass is 10.1. The zero-order chi connectivity index (χ0) is 17.1. The van der Waals surface area contributed by atoms with Gasteiger partial charge < -0.3 is 5.11 Å². The fourth-order valence-electron chi connectivity index (χ4n) is 2.02. The second-order valence-corrected chi connectivity index (χ2v) is 5.67. The first-order valence-corrected chi connectivity index (χ1v) is 7.64. The maximum atomic E-state index is 10.9. The molecule has 0 saturated carbocycles. The molecule has 0 aliphatic rings. The van der Waals surface area contributed by atoms with E-state index in [0.29, 0.717) is 15.6 Å². The molecule has 0 fully saturated rings. The number of aromatic nitrogens is 3. The van der Waals surface area contributed by atoms with Crippen molar-refractivity contribution in [3.05, 3.63) is 69.5 Å². The highest BCUT2D eigenvalue weighted by Gasteiger charge is 2.08. The van der Waals surface area contributed by atoms with Gasteiger partial charge in [-0.3, -0.25) is 0 Å². The molecule has 8 heteroatoms. The molecular weight excluding hydrogens is 348 g/mol. The van der Waals surface area contributed by atoms with E-state index >= 15 is 0 Å². The molecule has 3 rings (SSSR count). The number of halogens is 1. The summed E-state index contributed by atoms with van der Waals surface area (Å²) in [6.07, 6.45) is 1.58. The van der Waals surface area contributed by atoms with E-state index in [2.05, 4.69) is 15.3 Å². The van der Waals surface area contributed by atoms with Gasteiger partial charge in [-0.15, -0.1) is 0 Å². The Balaban J connectivity index is 1.92. The molecule has 1 aromatic heterocycles. The number of benzene rings is 2. The van der Waals surface area contributed by atoms with Crippen molar-refractivity contribution in [1.29, 1.82) is 0 Å². The topological polar surface area (TPSA) is 83.3 Å². The average molecular weight is 359 g/mol. The van der Waals surface area contributed by atoms with E-state index in [-0.39, 0.29) is 5.56 Å². The van der Waals surface area contributed by atoms with Crippen molar-refractivity contribution in [2.24, 2.45) is 5.10 Å². The highest BCUT2D eigenvalue weighted by atomic mass is 35.5. The van der Waals surface area contributed by atoms with Gasteiger partial charge in [0.1, 0.15) is 0 Å². The van der Waals surface area contributed by atoms with Crippen LogP contribution in [0.5, 0.6) is 0 Å². The Kier molecular flexibility index (Phi) is 4.54. The first kappa shape index (κ1) is 16.1. The van der Waals surface area contributed by atoms with E-state index in [1.165, 1.54) is 16.8 Å². The third-order valence-corrected chi connectivity index (χ3v) is 3.75. The van der Waals surface area contributed by atoms with Crippen LogP contribution in [0.4, 0.5) is 0 Å². The predicted molar refractivity (Wildman–Crippen MR) is 94.3 cm³/mol. The van der Waals surface area contributed by atoms with E-state index in [4.69, 9.17) is 28.9 Å². The highest BCUT2D eigenvalue weighted by Crippen LogP contribution is 2.19. The number of carboxylic acids is 1. The number of nitrogens with one attached hydrogen (secondary N) is 1. The van der Waals surface area contributed by atoms with Crippen LogP contribution in [0, 0.1) is 4.77 Å². The quantitative estimate of drug-likeness (QED) is 0.548. The molecule has 0 aliphatic carbocycles. The van der Waals surface area contributed by atoms with Crippen LogP contribution >= 0.6 is 23.8 Å². The summed E-state index contributed by atoms with van der Waals surface area (Å²) in [7, 11) is 0. The zero-order valence-electron chi connectivity index (χ0n) is 12.2. The largest absolute Gasteiger partial charge is 0.478 e. The fourth-order valence-corrected chi connectivity index (χ4v) is 2.33. The molecule has 0 atom stereocenters. The van der Waals surface area contributed by atoms with Gasteiger partial charge in [-0.05, 0) is 54.2 Å². The number of hydrogen-bond donors (Lipinski definition) is 2. The monoisotopic (exact) mass is 358 g/mol. The van der Waals surface area contributed by atoms with Crippen molar-refractivity contribution in [2.45, 2.75) is 0 Å². The summed E-state index contributed by atoms with van der Waals surface area (Å²) in [4.78, 5) is 10.9. The predicted octanol–water partition coefficient (Wildman–Crippen LogP) is 3.84. The lowest BCUT2D eigenvalue weighted by Crippen LogP contribution is -1.97. The van der Waals surface area contributed by atoms with E-state index in [1.807, 2.05) is 12.1 Å². The molecular formula is C16H11ClN4O2S. The number of rotatable bonds is 4. The van der Waals surface area contributed by atoms with E-state index in [1.54, 1.807) is 30.5 Å². The Labute approximate surface area is 147 Å². The van der Waals surface area contributed by atoms with Crippen LogP contribution in [0.1, 0.15) is 15.9 Å². The van der Waals surface area contributed by atoms with Crippen molar-refractivity contribution in [2.75, 3.05) is 0 Å². The minimum Gasteiger partial charge on any atom is -0.478 e. The van der Waals surface area contributed by atoms with Crippen molar-refractivity contribution in [1.82, 2.24) is 14.9 Å². The Morgan fingerprint density at radius 1 is 1.21 bits per heavy atom. The molecule has 3 aromatic rings. The number of carbonyl (C=O) groups is 1. The summed E-state index contributed by atoms with van der Waals surface area (Å²) in [6, 6.07) is 13.5. The standard InChI is InChI=1S/C16H11ClN4O2S/c17-13-7-5-11(6-8-13)14-19-20-16(24)21(14)18-9-10-1-3-12(4-2-10)15(22)23/h1-9H,(H,20,24)(H,22,23). The maximum absolute atomic E-state index is 10.9. The molecule has 120 valence electrons. The summed E-state index contributed by atoms with van der Waals surface area (Å²) in [5, 5.41) is 20.7. The molecule has 6 nitrogen and oxygen atoms in total. The Bertz CT molecular complexity index is 959. The lowest BCUT2D eigenvalue weighted by molar-refractivity contribution is 0.0697. The smallest absolute Gasteiger partial charge is 0.335 e. The molecule has 2 N–H and O–H groups in total. The number of aromatic amines is 1. The second-order valence-electron chi connectivity index (χ2n) is 4.84. The summed E-state index contributed by atoms with van der Waals surface area (Å²) >= 11 is 11.1. The van der Waals surface area contributed by atoms with Crippen LogP contribution in [0.25, 0.3) is 11.4 Å². The first-order chi connectivity index (χ1) is 11.5. The van der Waals surface area contributed by atoms with Crippen LogP contribution in [0.2, 0.25) is 5.02 Å². The number of aromatic carboxylic acids is 1. The molecule has 0 unspecified atom stereocenters. The van der Waals surface area contributed by atoms with E-state index in [9.17, 15) is 4.79 Å². The van der Waals surface area contributed by atoms with Crippen LogP contribution in [0.3, 0.4) is 0 Å². The van der Waals surface area contributed by atoms with Gasteiger partial charge in [-0.1, -0.05) is 23.7 Å². The maximum Gasteiger partial charge on any atom is 0.335 e. The molecule has 1 heterocycles. The van der Waals surface area contributed by atoms with Crippen LogP contribution in [-0.2, 0) is 0 Å². The molecule has 0 bridgehead atoms. The molecule has 0 saturated heterocycles. The van der Waals surface area contributed by atoms with Gasteiger partial charge in [0, 0.05) is 10.6 Å². The van der Waals surface area contributed by atoms with Gasteiger partial charge in [0.25, 0.3) is 0 Å². The van der Waals surface area contributed by atoms with E-state index in [0.717, 1.165) is 11.1 Å². The highest BCUT2D eigenvalue weighted by molar-refractivity contribution is 7.71. The molecule has 0 radical (unpaired) electrons. The molecule has 2 aromatic carbocycles. The van der Waals surface area contributed by atoms with Gasteiger partial charge in [-0.2, -0.15) is 14.9 Å².